The molecule has 0 aliphatic heterocycles. The minimum absolute atomic E-state index is 0.0300. The maximum absolute atomic E-state index is 12.5. The molecule has 0 heterocycles. The summed E-state index contributed by atoms with van der Waals surface area (Å²) in [5.41, 5.74) is 0.147. The van der Waals surface area contributed by atoms with E-state index in [2.05, 4.69) is 10.6 Å². The van der Waals surface area contributed by atoms with E-state index >= 15 is 0 Å². The molecule has 0 bridgehead atoms. The standard InChI is InChI=1S/C19H30N2O4/c1-6-13(2)16(21-18(24)25-19(3,4)5)17(23)20-12-11-14-9-7-8-10-15(14)22/h7-10,13,16,22H,6,11-12H2,1-5H3,(H,20,23)(H,21,24). The zero-order valence-electron chi connectivity index (χ0n) is 15.8. The van der Waals surface area contributed by atoms with Crippen molar-refractivity contribution in [3.05, 3.63) is 29.8 Å². The third-order valence-electron chi connectivity index (χ3n) is 3.85. The number of hydrogen-bond acceptors (Lipinski definition) is 4. The Morgan fingerprint density at radius 2 is 1.88 bits per heavy atom. The Morgan fingerprint density at radius 1 is 1.24 bits per heavy atom. The van der Waals surface area contributed by atoms with Crippen LogP contribution in [0.4, 0.5) is 4.79 Å². The van der Waals surface area contributed by atoms with E-state index in [1.165, 1.54) is 0 Å². The molecule has 0 aromatic heterocycles. The van der Waals surface area contributed by atoms with E-state index in [1.54, 1.807) is 32.9 Å². The summed E-state index contributed by atoms with van der Waals surface area (Å²) in [6, 6.07) is 6.35. The number of amides is 2. The number of hydrogen-bond donors (Lipinski definition) is 3. The van der Waals surface area contributed by atoms with Crippen LogP contribution >= 0.6 is 0 Å². The first kappa shape index (κ1) is 20.8. The van der Waals surface area contributed by atoms with Crippen molar-refractivity contribution in [2.45, 2.75) is 59.1 Å². The van der Waals surface area contributed by atoms with Gasteiger partial charge in [-0.25, -0.2) is 4.79 Å². The van der Waals surface area contributed by atoms with E-state index in [1.807, 2.05) is 26.0 Å². The number of nitrogens with one attached hydrogen (secondary N) is 2. The number of alkyl carbamates (subject to hydrolysis) is 1. The van der Waals surface area contributed by atoms with Gasteiger partial charge in [0.05, 0.1) is 0 Å². The van der Waals surface area contributed by atoms with Crippen LogP contribution in [-0.4, -0.2) is 35.3 Å². The van der Waals surface area contributed by atoms with Crippen LogP contribution in [0.25, 0.3) is 0 Å². The number of carbonyl (C=O) groups excluding carboxylic acids is 2. The van der Waals surface area contributed by atoms with E-state index in [9.17, 15) is 14.7 Å². The molecule has 0 aliphatic carbocycles. The van der Waals surface area contributed by atoms with E-state index in [0.29, 0.717) is 13.0 Å². The molecule has 0 aliphatic rings. The largest absolute Gasteiger partial charge is 0.508 e. The predicted octanol–water partition coefficient (Wildman–Crippen LogP) is 2.99. The van der Waals surface area contributed by atoms with Gasteiger partial charge in [0.1, 0.15) is 17.4 Å². The van der Waals surface area contributed by atoms with Crippen molar-refractivity contribution in [2.75, 3.05) is 6.54 Å². The third-order valence-corrected chi connectivity index (χ3v) is 3.85. The molecule has 25 heavy (non-hydrogen) atoms. The molecule has 140 valence electrons. The van der Waals surface area contributed by atoms with Gasteiger partial charge in [0.25, 0.3) is 0 Å². The summed E-state index contributed by atoms with van der Waals surface area (Å²) in [4.78, 5) is 24.5. The molecule has 0 saturated heterocycles. The van der Waals surface area contributed by atoms with E-state index in [0.717, 1.165) is 12.0 Å². The number of ether oxygens (including phenoxy) is 1. The van der Waals surface area contributed by atoms with E-state index in [4.69, 9.17) is 4.74 Å². The molecule has 0 saturated carbocycles. The lowest BCUT2D eigenvalue weighted by atomic mass is 9.98. The Kier molecular flexibility index (Phi) is 7.74. The van der Waals surface area contributed by atoms with Crippen LogP contribution in [0, 0.1) is 5.92 Å². The van der Waals surface area contributed by atoms with E-state index in [-0.39, 0.29) is 17.6 Å². The second-order valence-corrected chi connectivity index (χ2v) is 7.18. The maximum atomic E-state index is 12.5. The highest BCUT2D eigenvalue weighted by atomic mass is 16.6. The minimum atomic E-state index is -0.663. The van der Waals surface area contributed by atoms with Crippen LogP contribution in [0.1, 0.15) is 46.6 Å². The SMILES string of the molecule is CCC(C)C(NC(=O)OC(C)(C)C)C(=O)NCCc1ccccc1O. The molecule has 0 fully saturated rings. The van der Waals surface area contributed by atoms with E-state index < -0.39 is 17.7 Å². The first-order valence-corrected chi connectivity index (χ1v) is 8.68. The molecular formula is C19H30N2O4. The monoisotopic (exact) mass is 350 g/mol. The smallest absolute Gasteiger partial charge is 0.408 e. The van der Waals surface area contributed by atoms with Crippen molar-refractivity contribution < 1.29 is 19.4 Å². The van der Waals surface area contributed by atoms with Gasteiger partial charge in [0.2, 0.25) is 5.91 Å². The Morgan fingerprint density at radius 3 is 2.44 bits per heavy atom. The quantitative estimate of drug-likeness (QED) is 0.705. The number of para-hydroxylation sites is 1. The number of benzene rings is 1. The van der Waals surface area contributed by atoms with Gasteiger partial charge in [0.15, 0.2) is 0 Å². The molecule has 0 radical (unpaired) electrons. The molecule has 1 rings (SSSR count). The summed E-state index contributed by atoms with van der Waals surface area (Å²) >= 11 is 0. The number of rotatable bonds is 7. The molecule has 0 spiro atoms. The average Bonchev–Trinajstić information content (AvgIpc) is 2.52. The summed E-state index contributed by atoms with van der Waals surface area (Å²) in [6.45, 7) is 9.57. The van der Waals surface area contributed by atoms with Gasteiger partial charge in [-0.3, -0.25) is 4.79 Å². The van der Waals surface area contributed by atoms with Gasteiger partial charge < -0.3 is 20.5 Å². The van der Waals surface area contributed by atoms with Crippen molar-refractivity contribution in [1.29, 1.82) is 0 Å². The second-order valence-electron chi connectivity index (χ2n) is 7.18. The molecule has 1 aromatic rings. The summed E-state index contributed by atoms with van der Waals surface area (Å²) in [5, 5.41) is 15.2. The van der Waals surface area contributed by atoms with Crippen LogP contribution in [0.3, 0.4) is 0 Å². The van der Waals surface area contributed by atoms with Crippen molar-refractivity contribution in [3.63, 3.8) is 0 Å². The first-order chi connectivity index (χ1) is 11.6. The molecule has 6 heteroatoms. The van der Waals surface area contributed by atoms with Gasteiger partial charge in [-0.1, -0.05) is 38.5 Å². The molecule has 3 N–H and O–H groups in total. The summed E-state index contributed by atoms with van der Waals surface area (Å²) < 4.78 is 5.24. The highest BCUT2D eigenvalue weighted by molar-refractivity contribution is 5.86. The van der Waals surface area contributed by atoms with Crippen LogP contribution in [0.5, 0.6) is 5.75 Å². The third kappa shape index (κ3) is 7.45. The van der Waals surface area contributed by atoms with Gasteiger partial charge in [-0.2, -0.15) is 0 Å². The number of aromatic hydroxyl groups is 1. The molecule has 1 aromatic carbocycles. The Balaban J connectivity index is 2.61. The van der Waals surface area contributed by atoms with Gasteiger partial charge in [-0.05, 0) is 44.7 Å². The molecule has 2 unspecified atom stereocenters. The number of phenols is 1. The normalized spacial score (nSPS) is 13.6. The average molecular weight is 350 g/mol. The zero-order valence-corrected chi connectivity index (χ0v) is 15.8. The number of carbonyl (C=O) groups is 2. The first-order valence-electron chi connectivity index (χ1n) is 8.68. The molecule has 6 nitrogen and oxygen atoms in total. The Hall–Kier alpha value is -2.24. The lowest BCUT2D eigenvalue weighted by molar-refractivity contribution is -0.124. The highest BCUT2D eigenvalue weighted by Crippen LogP contribution is 2.16. The van der Waals surface area contributed by atoms with Gasteiger partial charge in [-0.15, -0.1) is 0 Å². The Labute approximate surface area is 150 Å². The predicted molar refractivity (Wildman–Crippen MR) is 97.4 cm³/mol. The fraction of sp³-hybridized carbons (Fsp3) is 0.579. The Bertz CT molecular complexity index is 581. The zero-order chi connectivity index (χ0) is 19.0. The van der Waals surface area contributed by atoms with Crippen LogP contribution in [-0.2, 0) is 16.0 Å². The van der Waals surface area contributed by atoms with Gasteiger partial charge >= 0.3 is 6.09 Å². The maximum Gasteiger partial charge on any atom is 0.408 e. The van der Waals surface area contributed by atoms with Crippen LogP contribution in [0.2, 0.25) is 0 Å². The minimum Gasteiger partial charge on any atom is -0.508 e. The van der Waals surface area contributed by atoms with Crippen molar-refractivity contribution in [3.8, 4) is 5.75 Å². The van der Waals surface area contributed by atoms with Crippen molar-refractivity contribution in [2.24, 2.45) is 5.92 Å². The van der Waals surface area contributed by atoms with Crippen LogP contribution in [0.15, 0.2) is 24.3 Å². The fourth-order valence-corrected chi connectivity index (χ4v) is 2.29. The fourth-order valence-electron chi connectivity index (χ4n) is 2.29. The number of phenolic OH excluding ortho intramolecular Hbond substituents is 1. The molecule has 2 atom stereocenters. The van der Waals surface area contributed by atoms with Crippen LogP contribution < -0.4 is 10.6 Å². The lowest BCUT2D eigenvalue weighted by Gasteiger charge is -2.26. The van der Waals surface area contributed by atoms with Gasteiger partial charge in [0, 0.05) is 6.54 Å². The summed E-state index contributed by atoms with van der Waals surface area (Å²) in [7, 11) is 0. The second kappa shape index (κ2) is 9.30. The van der Waals surface area contributed by atoms with Crippen molar-refractivity contribution in [1.82, 2.24) is 10.6 Å². The lowest BCUT2D eigenvalue weighted by Crippen LogP contribution is -2.51. The molecule has 2 amide bonds. The summed E-state index contributed by atoms with van der Waals surface area (Å²) in [5.74, 6) is -0.0737. The topological polar surface area (TPSA) is 87.7 Å². The molecular weight excluding hydrogens is 320 g/mol. The van der Waals surface area contributed by atoms with Crippen molar-refractivity contribution >= 4 is 12.0 Å². The highest BCUT2D eigenvalue weighted by Gasteiger charge is 2.28. The summed E-state index contributed by atoms with van der Waals surface area (Å²) in [6.07, 6.45) is 0.652.